The highest BCUT2D eigenvalue weighted by molar-refractivity contribution is 7.22. The van der Waals surface area contributed by atoms with Crippen LogP contribution in [0.2, 0.25) is 0 Å². The lowest BCUT2D eigenvalue weighted by molar-refractivity contribution is 0.0597. The van der Waals surface area contributed by atoms with E-state index in [1.165, 1.54) is 18.4 Å². The van der Waals surface area contributed by atoms with Crippen molar-refractivity contribution in [1.29, 1.82) is 0 Å². The number of fused-ring (bicyclic) bond motifs is 1. The highest BCUT2D eigenvalue weighted by Gasteiger charge is 2.18. The number of aromatic nitrogens is 1. The Kier molecular flexibility index (Phi) is 4.08. The van der Waals surface area contributed by atoms with E-state index in [9.17, 15) is 9.59 Å². The third-order valence-corrected chi connectivity index (χ3v) is 4.28. The summed E-state index contributed by atoms with van der Waals surface area (Å²) in [6.07, 6.45) is 0. The number of carbonyl (C=O) groups excluding carboxylic acids is 2. The number of esters is 1. The van der Waals surface area contributed by atoms with Gasteiger partial charge in [-0.15, -0.1) is 0 Å². The molecule has 0 aliphatic carbocycles. The maximum atomic E-state index is 12.4. The van der Waals surface area contributed by atoms with Crippen LogP contribution in [0, 0.1) is 6.92 Å². The number of ether oxygens (including phenoxy) is 1. The molecule has 0 spiro atoms. The third kappa shape index (κ3) is 3.07. The van der Waals surface area contributed by atoms with Gasteiger partial charge < -0.3 is 4.74 Å². The minimum absolute atomic E-state index is 0.226. The second-order valence-electron chi connectivity index (χ2n) is 4.98. The Morgan fingerprint density at radius 3 is 2.61 bits per heavy atom. The van der Waals surface area contributed by atoms with Crippen LogP contribution in [0.15, 0.2) is 42.5 Å². The Hall–Kier alpha value is -2.73. The molecule has 0 radical (unpaired) electrons. The molecule has 0 bridgehead atoms. The van der Waals surface area contributed by atoms with Gasteiger partial charge >= 0.3 is 5.97 Å². The quantitative estimate of drug-likeness (QED) is 0.746. The molecular formula is C17H14N2O3S. The van der Waals surface area contributed by atoms with Gasteiger partial charge in [0, 0.05) is 0 Å². The summed E-state index contributed by atoms with van der Waals surface area (Å²) in [4.78, 5) is 28.6. The average molecular weight is 326 g/mol. The van der Waals surface area contributed by atoms with Crippen LogP contribution in [0.25, 0.3) is 10.2 Å². The first-order valence-corrected chi connectivity index (χ1v) is 7.76. The predicted molar refractivity (Wildman–Crippen MR) is 90.1 cm³/mol. The van der Waals surface area contributed by atoms with Crippen molar-refractivity contribution >= 4 is 38.6 Å². The highest BCUT2D eigenvalue weighted by Crippen LogP contribution is 2.27. The third-order valence-electron chi connectivity index (χ3n) is 3.34. The van der Waals surface area contributed by atoms with Crippen LogP contribution in [-0.4, -0.2) is 24.0 Å². The largest absolute Gasteiger partial charge is 0.465 e. The molecule has 1 heterocycles. The van der Waals surface area contributed by atoms with Crippen LogP contribution in [0.4, 0.5) is 5.13 Å². The molecule has 5 nitrogen and oxygen atoms in total. The highest BCUT2D eigenvalue weighted by atomic mass is 32.1. The normalized spacial score (nSPS) is 10.5. The number of benzene rings is 2. The van der Waals surface area contributed by atoms with E-state index in [0.717, 1.165) is 15.8 Å². The number of amides is 1. The van der Waals surface area contributed by atoms with Gasteiger partial charge in [-0.2, -0.15) is 0 Å². The summed E-state index contributed by atoms with van der Waals surface area (Å²) in [5.74, 6) is -0.933. The second-order valence-corrected chi connectivity index (χ2v) is 6.01. The zero-order valence-electron chi connectivity index (χ0n) is 12.6. The summed E-state index contributed by atoms with van der Waals surface area (Å²) in [5.41, 5.74) is 2.45. The molecule has 0 saturated carbocycles. The fourth-order valence-electron chi connectivity index (χ4n) is 2.22. The number of nitrogens with one attached hydrogen (secondary N) is 1. The standard InChI is InChI=1S/C17H14N2O3S/c1-10-7-8-13-14(9-10)23-17(18-13)19-15(20)11-5-3-4-6-12(11)16(21)22-2/h3-9H,1-2H3,(H,18,19,20). The van der Waals surface area contributed by atoms with Gasteiger partial charge in [-0.05, 0) is 36.8 Å². The fraction of sp³-hybridized carbons (Fsp3) is 0.118. The number of anilines is 1. The van der Waals surface area contributed by atoms with Crippen LogP contribution >= 0.6 is 11.3 Å². The number of methoxy groups -OCH3 is 1. The molecule has 116 valence electrons. The first-order chi connectivity index (χ1) is 11.1. The van der Waals surface area contributed by atoms with E-state index >= 15 is 0 Å². The van der Waals surface area contributed by atoms with Gasteiger partial charge in [0.05, 0.1) is 28.5 Å². The van der Waals surface area contributed by atoms with Crippen molar-refractivity contribution < 1.29 is 14.3 Å². The number of rotatable bonds is 3. The zero-order valence-corrected chi connectivity index (χ0v) is 13.4. The van der Waals surface area contributed by atoms with Crippen LogP contribution in [0.5, 0.6) is 0 Å². The minimum atomic E-state index is -0.546. The van der Waals surface area contributed by atoms with Crippen molar-refractivity contribution in [1.82, 2.24) is 4.98 Å². The number of nitrogens with zero attached hydrogens (tertiary/aromatic N) is 1. The Labute approximate surface area is 136 Å². The second kappa shape index (κ2) is 6.18. The molecule has 0 saturated heterocycles. The topological polar surface area (TPSA) is 68.3 Å². The molecule has 0 aliphatic heterocycles. The van der Waals surface area contributed by atoms with Crippen molar-refractivity contribution in [3.8, 4) is 0 Å². The number of aryl methyl sites for hydroxylation is 1. The number of hydrogen-bond acceptors (Lipinski definition) is 5. The van der Waals surface area contributed by atoms with Gasteiger partial charge in [0.25, 0.3) is 5.91 Å². The summed E-state index contributed by atoms with van der Waals surface area (Å²) in [7, 11) is 1.28. The minimum Gasteiger partial charge on any atom is -0.465 e. The van der Waals surface area contributed by atoms with E-state index in [2.05, 4.69) is 10.3 Å². The van der Waals surface area contributed by atoms with Gasteiger partial charge in [-0.1, -0.05) is 29.5 Å². The molecule has 3 rings (SSSR count). The molecule has 1 amide bonds. The Morgan fingerprint density at radius 2 is 1.87 bits per heavy atom. The molecule has 0 atom stereocenters. The van der Waals surface area contributed by atoms with E-state index in [1.807, 2.05) is 25.1 Å². The Morgan fingerprint density at radius 1 is 1.13 bits per heavy atom. The fourth-order valence-corrected chi connectivity index (χ4v) is 3.18. The van der Waals surface area contributed by atoms with Gasteiger partial charge in [0.15, 0.2) is 5.13 Å². The first kappa shape index (κ1) is 15.2. The Bertz CT molecular complexity index is 902. The summed E-state index contributed by atoms with van der Waals surface area (Å²) in [6.45, 7) is 2.00. The summed E-state index contributed by atoms with van der Waals surface area (Å²) in [5, 5.41) is 3.24. The maximum Gasteiger partial charge on any atom is 0.338 e. The van der Waals surface area contributed by atoms with Crippen molar-refractivity contribution in [3.63, 3.8) is 0 Å². The number of thiazole rings is 1. The molecule has 0 unspecified atom stereocenters. The van der Waals surface area contributed by atoms with Gasteiger partial charge in [-0.3, -0.25) is 10.1 Å². The van der Waals surface area contributed by atoms with Crippen molar-refractivity contribution in [2.45, 2.75) is 6.92 Å². The van der Waals surface area contributed by atoms with E-state index in [-0.39, 0.29) is 17.0 Å². The van der Waals surface area contributed by atoms with Gasteiger partial charge in [-0.25, -0.2) is 9.78 Å². The van der Waals surface area contributed by atoms with Gasteiger partial charge in [0.2, 0.25) is 0 Å². The van der Waals surface area contributed by atoms with Gasteiger partial charge in [0.1, 0.15) is 0 Å². The smallest absolute Gasteiger partial charge is 0.338 e. The van der Waals surface area contributed by atoms with Crippen molar-refractivity contribution in [2.24, 2.45) is 0 Å². The van der Waals surface area contributed by atoms with E-state index in [4.69, 9.17) is 4.74 Å². The monoisotopic (exact) mass is 326 g/mol. The zero-order chi connectivity index (χ0) is 16.4. The number of carbonyl (C=O) groups is 2. The molecule has 1 aromatic heterocycles. The lowest BCUT2D eigenvalue weighted by atomic mass is 10.1. The van der Waals surface area contributed by atoms with E-state index in [1.54, 1.807) is 24.3 Å². The summed E-state index contributed by atoms with van der Waals surface area (Å²) in [6, 6.07) is 12.4. The first-order valence-electron chi connectivity index (χ1n) is 6.94. The average Bonchev–Trinajstić information content (AvgIpc) is 2.95. The van der Waals surface area contributed by atoms with E-state index < -0.39 is 5.97 Å². The van der Waals surface area contributed by atoms with Crippen LogP contribution in [0.3, 0.4) is 0 Å². The molecule has 1 N–H and O–H groups in total. The summed E-state index contributed by atoms with van der Waals surface area (Å²) < 4.78 is 5.71. The molecule has 0 fully saturated rings. The maximum absolute atomic E-state index is 12.4. The van der Waals surface area contributed by atoms with E-state index in [0.29, 0.717) is 5.13 Å². The molecule has 3 aromatic rings. The molecule has 6 heteroatoms. The lowest BCUT2D eigenvalue weighted by Crippen LogP contribution is -2.16. The van der Waals surface area contributed by atoms with Crippen LogP contribution in [-0.2, 0) is 4.74 Å². The molecule has 0 aliphatic rings. The molecular weight excluding hydrogens is 312 g/mol. The SMILES string of the molecule is COC(=O)c1ccccc1C(=O)Nc1nc2ccc(C)cc2s1. The van der Waals surface area contributed by atoms with Crippen LogP contribution < -0.4 is 5.32 Å². The lowest BCUT2D eigenvalue weighted by Gasteiger charge is -2.06. The number of hydrogen-bond donors (Lipinski definition) is 1. The van der Waals surface area contributed by atoms with Crippen LogP contribution in [0.1, 0.15) is 26.3 Å². The molecule has 2 aromatic carbocycles. The van der Waals surface area contributed by atoms with Crippen molar-refractivity contribution in [3.05, 3.63) is 59.2 Å². The predicted octanol–water partition coefficient (Wildman–Crippen LogP) is 3.64. The molecule has 23 heavy (non-hydrogen) atoms. The Balaban J connectivity index is 1.90. The van der Waals surface area contributed by atoms with Crippen molar-refractivity contribution in [2.75, 3.05) is 12.4 Å². The summed E-state index contributed by atoms with van der Waals surface area (Å²) >= 11 is 1.40.